The van der Waals surface area contributed by atoms with E-state index in [0.29, 0.717) is 10.6 Å². The van der Waals surface area contributed by atoms with Gasteiger partial charge in [-0.1, -0.05) is 47.5 Å². The van der Waals surface area contributed by atoms with Gasteiger partial charge in [0.1, 0.15) is 11.5 Å². The summed E-state index contributed by atoms with van der Waals surface area (Å²) in [6, 6.07) is 15.2. The van der Waals surface area contributed by atoms with Gasteiger partial charge in [0.15, 0.2) is 0 Å². The summed E-state index contributed by atoms with van der Waals surface area (Å²) >= 11 is 14.0. The lowest BCUT2D eigenvalue weighted by atomic mass is 9.97. The Kier molecular flexibility index (Phi) is 4.04. The van der Waals surface area contributed by atoms with Crippen LogP contribution in [-0.2, 0) is 0 Å². The van der Waals surface area contributed by atoms with E-state index in [1.807, 2.05) is 34.7 Å². The highest BCUT2D eigenvalue weighted by Gasteiger charge is 2.42. The maximum absolute atomic E-state index is 10.5. The van der Waals surface area contributed by atoms with Gasteiger partial charge in [-0.05, 0) is 29.6 Å². The summed E-state index contributed by atoms with van der Waals surface area (Å²) in [5.74, 6) is 0.742. The average Bonchev–Trinajstić information content (AvgIpc) is 3.33. The summed E-state index contributed by atoms with van der Waals surface area (Å²) in [6.07, 6.45) is 0.158. The monoisotopic (exact) mass is 416 g/mol. The third kappa shape index (κ3) is 2.78. The molecule has 5 rings (SSSR count). The number of benzene rings is 2. The zero-order valence-electron chi connectivity index (χ0n) is 14.0. The van der Waals surface area contributed by atoms with E-state index in [2.05, 4.69) is 12.1 Å². The summed E-state index contributed by atoms with van der Waals surface area (Å²) < 4.78 is 6.23. The number of thiophene rings is 1. The van der Waals surface area contributed by atoms with Crippen molar-refractivity contribution in [2.45, 2.75) is 18.7 Å². The molecule has 2 aliphatic heterocycles. The van der Waals surface area contributed by atoms with Crippen molar-refractivity contribution in [3.63, 3.8) is 0 Å². The standard InChI is InChI=1S/C20H14Cl2N2O2S/c21-11-8-13(19(25)14(22)9-11)20-24-16(12-4-1-2-5-17(12)26-20)10-15(23-24)18-6-3-7-27-18/h1-9,16,20,25H,10H2/t16-,20+/m0/s1. The zero-order chi connectivity index (χ0) is 18.5. The van der Waals surface area contributed by atoms with Crippen LogP contribution in [0.15, 0.2) is 59.0 Å². The number of phenols is 1. The number of rotatable bonds is 2. The van der Waals surface area contributed by atoms with E-state index in [4.69, 9.17) is 33.0 Å². The van der Waals surface area contributed by atoms with Gasteiger partial charge in [0.2, 0.25) is 6.23 Å². The fourth-order valence-corrected chi connectivity index (χ4v) is 4.84. The summed E-state index contributed by atoms with van der Waals surface area (Å²) in [5.41, 5.74) is 2.59. The minimum atomic E-state index is -0.612. The van der Waals surface area contributed by atoms with Crippen molar-refractivity contribution in [1.82, 2.24) is 5.01 Å². The molecule has 0 unspecified atom stereocenters. The molecule has 0 bridgehead atoms. The van der Waals surface area contributed by atoms with Gasteiger partial charge in [0, 0.05) is 17.0 Å². The third-order valence-corrected chi connectivity index (χ3v) is 6.25. The Morgan fingerprint density at radius 1 is 1.11 bits per heavy atom. The van der Waals surface area contributed by atoms with Gasteiger partial charge in [-0.3, -0.25) is 0 Å². The quantitative estimate of drug-likeness (QED) is 0.556. The summed E-state index contributed by atoms with van der Waals surface area (Å²) in [4.78, 5) is 1.13. The van der Waals surface area contributed by atoms with E-state index in [-0.39, 0.29) is 16.8 Å². The van der Waals surface area contributed by atoms with Crippen LogP contribution in [0.4, 0.5) is 0 Å². The molecular weight excluding hydrogens is 403 g/mol. The number of hydrogen-bond acceptors (Lipinski definition) is 5. The lowest BCUT2D eigenvalue weighted by molar-refractivity contribution is -0.0203. The molecule has 3 aromatic rings. The fraction of sp³-hybridized carbons (Fsp3) is 0.150. The molecule has 2 aromatic carbocycles. The highest BCUT2D eigenvalue weighted by atomic mass is 35.5. The highest BCUT2D eigenvalue weighted by Crippen LogP contribution is 2.50. The molecule has 0 saturated heterocycles. The number of ether oxygens (including phenoxy) is 1. The molecule has 0 fully saturated rings. The number of nitrogens with zero attached hydrogens (tertiary/aromatic N) is 2. The predicted octanol–water partition coefficient (Wildman–Crippen LogP) is 6.00. The lowest BCUT2D eigenvalue weighted by Crippen LogP contribution is -2.33. The molecule has 0 radical (unpaired) electrons. The van der Waals surface area contributed by atoms with Crippen LogP contribution in [0.25, 0.3) is 0 Å². The largest absolute Gasteiger partial charge is 0.506 e. The topological polar surface area (TPSA) is 45.1 Å². The molecule has 0 amide bonds. The number of halogens is 2. The van der Waals surface area contributed by atoms with Crippen molar-refractivity contribution in [2.75, 3.05) is 0 Å². The maximum Gasteiger partial charge on any atom is 0.217 e. The minimum Gasteiger partial charge on any atom is -0.506 e. The minimum absolute atomic E-state index is 0.0224. The second-order valence-corrected chi connectivity index (χ2v) is 8.25. The zero-order valence-corrected chi connectivity index (χ0v) is 16.3. The molecule has 136 valence electrons. The molecule has 2 aliphatic rings. The molecule has 0 aliphatic carbocycles. The Labute approximate surface area is 170 Å². The first-order valence-electron chi connectivity index (χ1n) is 8.45. The number of para-hydroxylation sites is 1. The molecule has 4 nitrogen and oxygen atoms in total. The van der Waals surface area contributed by atoms with E-state index in [1.54, 1.807) is 17.4 Å². The van der Waals surface area contributed by atoms with Crippen molar-refractivity contribution in [1.29, 1.82) is 0 Å². The van der Waals surface area contributed by atoms with Crippen molar-refractivity contribution >= 4 is 40.3 Å². The molecule has 1 aromatic heterocycles. The Bertz CT molecular complexity index is 1050. The van der Waals surface area contributed by atoms with Gasteiger partial charge in [-0.25, -0.2) is 5.01 Å². The van der Waals surface area contributed by atoms with Gasteiger partial charge < -0.3 is 9.84 Å². The van der Waals surface area contributed by atoms with Crippen LogP contribution < -0.4 is 4.74 Å². The highest BCUT2D eigenvalue weighted by molar-refractivity contribution is 7.12. The van der Waals surface area contributed by atoms with Crippen LogP contribution in [0.3, 0.4) is 0 Å². The fourth-order valence-electron chi connectivity index (χ4n) is 3.61. The van der Waals surface area contributed by atoms with E-state index in [9.17, 15) is 5.11 Å². The van der Waals surface area contributed by atoms with Crippen molar-refractivity contribution in [3.05, 3.63) is 80.0 Å². The molecular formula is C20H14Cl2N2O2S. The van der Waals surface area contributed by atoms with Gasteiger partial charge in [-0.2, -0.15) is 5.10 Å². The average molecular weight is 417 g/mol. The Morgan fingerprint density at radius 3 is 2.78 bits per heavy atom. The van der Waals surface area contributed by atoms with Crippen LogP contribution in [0.1, 0.15) is 34.7 Å². The molecule has 0 saturated carbocycles. The van der Waals surface area contributed by atoms with Crippen molar-refractivity contribution in [3.8, 4) is 11.5 Å². The van der Waals surface area contributed by atoms with Crippen molar-refractivity contribution < 1.29 is 9.84 Å². The first kappa shape index (κ1) is 16.9. The first-order valence-corrected chi connectivity index (χ1v) is 10.1. The molecule has 0 spiro atoms. The van der Waals surface area contributed by atoms with Crippen LogP contribution in [0, 0.1) is 0 Å². The number of aromatic hydroxyl groups is 1. The van der Waals surface area contributed by atoms with Gasteiger partial charge in [-0.15, -0.1) is 11.3 Å². The number of fused-ring (bicyclic) bond motifs is 3. The summed E-state index contributed by atoms with van der Waals surface area (Å²) in [7, 11) is 0. The normalized spacial score (nSPS) is 20.7. The Hall–Kier alpha value is -2.21. The second kappa shape index (κ2) is 6.44. The molecule has 2 atom stereocenters. The van der Waals surface area contributed by atoms with E-state index in [0.717, 1.165) is 28.3 Å². The maximum atomic E-state index is 10.5. The van der Waals surface area contributed by atoms with Gasteiger partial charge in [0.25, 0.3) is 0 Å². The van der Waals surface area contributed by atoms with E-state index >= 15 is 0 Å². The molecule has 7 heteroatoms. The van der Waals surface area contributed by atoms with E-state index in [1.165, 1.54) is 6.07 Å². The number of hydrazone groups is 1. The van der Waals surface area contributed by atoms with Gasteiger partial charge in [0.05, 0.1) is 27.2 Å². The van der Waals surface area contributed by atoms with Crippen molar-refractivity contribution in [2.24, 2.45) is 5.10 Å². The molecule has 1 N–H and O–H groups in total. The second-order valence-electron chi connectivity index (χ2n) is 6.46. The molecule has 3 heterocycles. The summed E-state index contributed by atoms with van der Waals surface area (Å²) in [6.45, 7) is 0. The van der Waals surface area contributed by atoms with Gasteiger partial charge >= 0.3 is 0 Å². The number of hydrogen-bond donors (Lipinski definition) is 1. The first-order chi connectivity index (χ1) is 13.1. The lowest BCUT2D eigenvalue weighted by Gasteiger charge is -2.38. The third-order valence-electron chi connectivity index (χ3n) is 4.83. The SMILES string of the molecule is Oc1c(Cl)cc(Cl)cc1[C@H]1Oc2ccccc2[C@@H]2CC(c3cccs3)=NN12. The Balaban J connectivity index is 1.65. The van der Waals surface area contributed by atoms with Crippen LogP contribution in [0.2, 0.25) is 10.0 Å². The van der Waals surface area contributed by atoms with E-state index < -0.39 is 6.23 Å². The Morgan fingerprint density at radius 2 is 1.96 bits per heavy atom. The molecule has 27 heavy (non-hydrogen) atoms. The van der Waals surface area contributed by atoms with Crippen LogP contribution in [-0.4, -0.2) is 15.8 Å². The van der Waals surface area contributed by atoms with Crippen LogP contribution >= 0.6 is 34.5 Å². The van der Waals surface area contributed by atoms with Crippen LogP contribution in [0.5, 0.6) is 11.5 Å². The smallest absolute Gasteiger partial charge is 0.217 e. The summed E-state index contributed by atoms with van der Waals surface area (Å²) in [5, 5.41) is 20.0. The predicted molar refractivity (Wildman–Crippen MR) is 108 cm³/mol. The number of phenolic OH excluding ortho intramolecular Hbond substituents is 1.